The maximum Gasteiger partial charge on any atom is 0.407 e. The molecule has 0 saturated heterocycles. The third-order valence-corrected chi connectivity index (χ3v) is 2.21. The molecule has 0 bridgehead atoms. The maximum absolute atomic E-state index is 11.4. The molecule has 2 N–H and O–H groups in total. The number of aliphatic hydroxyl groups is 1. The highest BCUT2D eigenvalue weighted by molar-refractivity contribution is 5.89. The van der Waals surface area contributed by atoms with Crippen LogP contribution in [0.4, 0.5) is 4.79 Å². The molecule has 1 aromatic carbocycles. The first-order valence-corrected chi connectivity index (χ1v) is 6.40. The average molecular weight is 297 g/mol. The lowest BCUT2D eigenvalue weighted by Crippen LogP contribution is -2.32. The molecule has 0 aliphatic rings. The smallest absolute Gasteiger partial charge is 0.407 e. The van der Waals surface area contributed by atoms with Gasteiger partial charge in [0.2, 0.25) is 0 Å². The molecule has 0 saturated carbocycles. The Hall–Kier alpha value is -2.08. The number of carbonyl (C=O) groups excluding carboxylic acids is 2. The van der Waals surface area contributed by atoms with Gasteiger partial charge in [0.1, 0.15) is 5.60 Å². The molecule has 0 fully saturated rings. The normalized spacial score (nSPS) is 10.0. The molecule has 1 rings (SSSR count). The van der Waals surface area contributed by atoms with Gasteiger partial charge in [-0.2, -0.15) is 0 Å². The first kappa shape index (κ1) is 18.9. The zero-order valence-corrected chi connectivity index (χ0v) is 13.1. The van der Waals surface area contributed by atoms with Crippen molar-refractivity contribution in [1.29, 1.82) is 0 Å². The van der Waals surface area contributed by atoms with E-state index in [4.69, 9.17) is 9.84 Å². The molecule has 0 atom stereocenters. The number of hydrogen-bond acceptors (Lipinski definition) is 5. The first-order valence-electron chi connectivity index (χ1n) is 6.40. The number of nitrogens with one attached hydrogen (secondary N) is 1. The van der Waals surface area contributed by atoms with Crippen molar-refractivity contribution in [2.75, 3.05) is 14.2 Å². The van der Waals surface area contributed by atoms with Crippen LogP contribution in [0.15, 0.2) is 24.3 Å². The highest BCUT2D eigenvalue weighted by Crippen LogP contribution is 2.08. The summed E-state index contributed by atoms with van der Waals surface area (Å²) in [6.07, 6.45) is -0.468. The summed E-state index contributed by atoms with van der Waals surface area (Å²) in [5.41, 5.74) is 0.834. The van der Waals surface area contributed by atoms with Gasteiger partial charge in [0.05, 0.1) is 12.7 Å². The van der Waals surface area contributed by atoms with E-state index in [-0.39, 0.29) is 5.97 Å². The van der Waals surface area contributed by atoms with Crippen LogP contribution in [-0.2, 0) is 16.0 Å². The molecule has 0 unspecified atom stereocenters. The predicted molar refractivity (Wildman–Crippen MR) is 79.0 cm³/mol. The third kappa shape index (κ3) is 7.94. The van der Waals surface area contributed by atoms with Gasteiger partial charge in [-0.05, 0) is 38.5 Å². The van der Waals surface area contributed by atoms with E-state index in [1.54, 1.807) is 45.0 Å². The largest absolute Gasteiger partial charge is 0.465 e. The molecule has 0 spiro atoms. The summed E-state index contributed by atoms with van der Waals surface area (Å²) < 4.78 is 9.72. The first-order chi connectivity index (χ1) is 9.81. The second-order valence-electron chi connectivity index (χ2n) is 5.04. The molecule has 6 heteroatoms. The van der Waals surface area contributed by atoms with Crippen molar-refractivity contribution in [2.24, 2.45) is 0 Å². The Morgan fingerprint density at radius 3 is 2.10 bits per heavy atom. The Kier molecular flexibility index (Phi) is 8.08. The van der Waals surface area contributed by atoms with Gasteiger partial charge in [0, 0.05) is 13.7 Å². The predicted octanol–water partition coefficient (Wildman–Crippen LogP) is 2.11. The fourth-order valence-corrected chi connectivity index (χ4v) is 1.36. The van der Waals surface area contributed by atoms with E-state index in [9.17, 15) is 9.59 Å². The lowest BCUT2D eigenvalue weighted by atomic mass is 10.1. The van der Waals surface area contributed by atoms with E-state index in [0.717, 1.165) is 12.7 Å². The van der Waals surface area contributed by atoms with Crippen LogP contribution in [0.2, 0.25) is 0 Å². The topological polar surface area (TPSA) is 84.9 Å². The number of alkyl carbamates (subject to hydrolysis) is 1. The molecule has 21 heavy (non-hydrogen) atoms. The van der Waals surface area contributed by atoms with E-state index in [1.807, 2.05) is 0 Å². The Labute approximate surface area is 125 Å². The number of benzene rings is 1. The minimum absolute atomic E-state index is 0.344. The SMILES string of the molecule is CO.COC(=O)c1ccc(CNC(=O)OC(C)(C)C)cc1. The van der Waals surface area contributed by atoms with Crippen molar-refractivity contribution in [2.45, 2.75) is 32.9 Å². The number of aliphatic hydroxyl groups excluding tert-OH is 1. The van der Waals surface area contributed by atoms with Gasteiger partial charge in [-0.25, -0.2) is 9.59 Å². The summed E-state index contributed by atoms with van der Waals surface area (Å²) >= 11 is 0. The van der Waals surface area contributed by atoms with Crippen LogP contribution < -0.4 is 5.32 Å². The van der Waals surface area contributed by atoms with Gasteiger partial charge in [0.25, 0.3) is 0 Å². The van der Waals surface area contributed by atoms with E-state index < -0.39 is 11.7 Å². The molecule has 0 heterocycles. The Bertz CT molecular complexity index is 448. The van der Waals surface area contributed by atoms with Gasteiger partial charge < -0.3 is 19.9 Å². The summed E-state index contributed by atoms with van der Waals surface area (Å²) in [5, 5.41) is 9.64. The van der Waals surface area contributed by atoms with Gasteiger partial charge >= 0.3 is 12.1 Å². The van der Waals surface area contributed by atoms with Crippen LogP contribution in [0.3, 0.4) is 0 Å². The molecular formula is C15H23NO5. The summed E-state index contributed by atoms with van der Waals surface area (Å²) in [6.45, 7) is 5.75. The Morgan fingerprint density at radius 1 is 1.14 bits per heavy atom. The highest BCUT2D eigenvalue weighted by Gasteiger charge is 2.15. The molecule has 1 aromatic rings. The van der Waals surface area contributed by atoms with Crippen LogP contribution in [0.1, 0.15) is 36.7 Å². The lowest BCUT2D eigenvalue weighted by molar-refractivity contribution is 0.0522. The Morgan fingerprint density at radius 2 is 1.67 bits per heavy atom. The molecule has 118 valence electrons. The monoisotopic (exact) mass is 297 g/mol. The lowest BCUT2D eigenvalue weighted by Gasteiger charge is -2.19. The van der Waals surface area contributed by atoms with Crippen LogP contribution >= 0.6 is 0 Å². The van der Waals surface area contributed by atoms with Gasteiger partial charge in [0.15, 0.2) is 0 Å². The number of amides is 1. The second kappa shape index (κ2) is 8.97. The standard InChI is InChI=1S/C14H19NO4.CH4O/c1-14(2,3)19-13(17)15-9-10-5-7-11(8-6-10)12(16)18-4;1-2/h5-8H,9H2,1-4H3,(H,15,17);2H,1H3. The fourth-order valence-electron chi connectivity index (χ4n) is 1.36. The summed E-state index contributed by atoms with van der Waals surface area (Å²) in [5.74, 6) is -0.383. The quantitative estimate of drug-likeness (QED) is 0.835. The molecular weight excluding hydrogens is 274 g/mol. The van der Waals surface area contributed by atoms with Gasteiger partial charge in [-0.15, -0.1) is 0 Å². The van der Waals surface area contributed by atoms with Crippen molar-refractivity contribution in [3.63, 3.8) is 0 Å². The number of hydrogen-bond donors (Lipinski definition) is 2. The second-order valence-corrected chi connectivity index (χ2v) is 5.04. The van der Waals surface area contributed by atoms with Crippen LogP contribution in [0.5, 0.6) is 0 Å². The van der Waals surface area contributed by atoms with Crippen molar-refractivity contribution in [1.82, 2.24) is 5.32 Å². The average Bonchev–Trinajstić information content (AvgIpc) is 2.45. The highest BCUT2D eigenvalue weighted by atomic mass is 16.6. The number of rotatable bonds is 3. The van der Waals surface area contributed by atoms with Gasteiger partial charge in [-0.1, -0.05) is 12.1 Å². The minimum Gasteiger partial charge on any atom is -0.465 e. The van der Waals surface area contributed by atoms with E-state index in [1.165, 1.54) is 7.11 Å². The number of esters is 1. The van der Waals surface area contributed by atoms with E-state index in [2.05, 4.69) is 10.1 Å². The van der Waals surface area contributed by atoms with Crippen LogP contribution in [0.25, 0.3) is 0 Å². The van der Waals surface area contributed by atoms with E-state index in [0.29, 0.717) is 12.1 Å². The maximum atomic E-state index is 11.4. The van der Waals surface area contributed by atoms with Crippen molar-refractivity contribution < 1.29 is 24.2 Å². The van der Waals surface area contributed by atoms with Crippen molar-refractivity contribution in [3.8, 4) is 0 Å². The molecule has 0 aromatic heterocycles. The van der Waals surface area contributed by atoms with Crippen molar-refractivity contribution >= 4 is 12.1 Å². The number of carbonyl (C=O) groups is 2. The zero-order chi connectivity index (χ0) is 16.5. The number of methoxy groups -OCH3 is 1. The van der Waals surface area contributed by atoms with Crippen molar-refractivity contribution in [3.05, 3.63) is 35.4 Å². The molecule has 1 amide bonds. The minimum atomic E-state index is -0.515. The van der Waals surface area contributed by atoms with E-state index >= 15 is 0 Å². The van der Waals surface area contributed by atoms with Crippen LogP contribution in [0, 0.1) is 0 Å². The molecule has 6 nitrogen and oxygen atoms in total. The molecule has 0 aliphatic heterocycles. The summed E-state index contributed by atoms with van der Waals surface area (Å²) in [7, 11) is 2.33. The summed E-state index contributed by atoms with van der Waals surface area (Å²) in [4.78, 5) is 22.7. The van der Waals surface area contributed by atoms with Gasteiger partial charge in [-0.3, -0.25) is 0 Å². The zero-order valence-electron chi connectivity index (χ0n) is 13.1. The number of ether oxygens (including phenoxy) is 2. The molecule has 0 radical (unpaired) electrons. The fraction of sp³-hybridized carbons (Fsp3) is 0.467. The Balaban J connectivity index is 0.00000191. The summed E-state index contributed by atoms with van der Waals surface area (Å²) in [6, 6.07) is 6.81. The molecule has 0 aliphatic carbocycles. The third-order valence-electron chi connectivity index (χ3n) is 2.21. The van der Waals surface area contributed by atoms with Crippen LogP contribution in [-0.4, -0.2) is 37.0 Å².